The number of aromatic nitrogens is 1. The van der Waals surface area contributed by atoms with Crippen LogP contribution in [0.3, 0.4) is 0 Å². The molecule has 1 aromatic carbocycles. The summed E-state index contributed by atoms with van der Waals surface area (Å²) in [6.07, 6.45) is 3.24. The Morgan fingerprint density at radius 1 is 1.19 bits per heavy atom. The predicted molar refractivity (Wildman–Crippen MR) is 77.4 cm³/mol. The zero-order valence-electron chi connectivity index (χ0n) is 11.5. The van der Waals surface area contributed by atoms with Gasteiger partial charge in [0, 0.05) is 18.1 Å². The quantitative estimate of drug-likeness (QED) is 0.909. The maximum Gasteiger partial charge on any atom is 0.319 e. The highest BCUT2D eigenvalue weighted by molar-refractivity contribution is 5.89. The number of benzene rings is 1. The predicted octanol–water partition coefficient (Wildman–Crippen LogP) is 2.69. The highest BCUT2D eigenvalue weighted by Gasteiger charge is 2.16. The first-order valence-electron chi connectivity index (χ1n) is 6.59. The molecule has 108 valence electrons. The molecule has 6 heteroatoms. The van der Waals surface area contributed by atoms with Crippen LogP contribution in [0.2, 0.25) is 0 Å². The normalized spacial score (nSPS) is 13.6. The van der Waals surface area contributed by atoms with Gasteiger partial charge in [-0.2, -0.15) is 0 Å². The molecule has 6 nitrogen and oxygen atoms in total. The van der Waals surface area contributed by atoms with E-state index in [-0.39, 0.29) is 18.9 Å². The number of amides is 2. The number of anilines is 1. The van der Waals surface area contributed by atoms with Crippen LogP contribution in [0.1, 0.15) is 18.5 Å². The number of urea groups is 1. The van der Waals surface area contributed by atoms with Crippen LogP contribution >= 0.6 is 0 Å². The first kappa shape index (κ1) is 13.2. The Morgan fingerprint density at radius 2 is 1.95 bits per heavy atom. The van der Waals surface area contributed by atoms with Crippen molar-refractivity contribution in [1.82, 2.24) is 10.3 Å². The standard InChI is InChI=1S/C15H15N3O3/c1-10(11-2-3-13-14(8-11)21-9-20-13)17-15(19)18-12-4-6-16-7-5-12/h2-8,10H,9H2,1H3,(H2,16,17,18,19). The average Bonchev–Trinajstić information content (AvgIpc) is 2.95. The number of fused-ring (bicyclic) bond motifs is 1. The molecule has 0 bridgehead atoms. The van der Waals surface area contributed by atoms with E-state index in [1.165, 1.54) is 0 Å². The van der Waals surface area contributed by atoms with Crippen LogP contribution in [-0.2, 0) is 0 Å². The van der Waals surface area contributed by atoms with Gasteiger partial charge in [0.25, 0.3) is 0 Å². The van der Waals surface area contributed by atoms with Gasteiger partial charge in [-0.15, -0.1) is 0 Å². The maximum absolute atomic E-state index is 11.9. The van der Waals surface area contributed by atoms with Crippen molar-refractivity contribution in [3.63, 3.8) is 0 Å². The van der Waals surface area contributed by atoms with E-state index in [2.05, 4.69) is 15.6 Å². The van der Waals surface area contributed by atoms with Crippen molar-refractivity contribution in [3.8, 4) is 11.5 Å². The van der Waals surface area contributed by atoms with Crippen molar-refractivity contribution in [3.05, 3.63) is 48.3 Å². The number of hydrogen-bond acceptors (Lipinski definition) is 4. The van der Waals surface area contributed by atoms with Gasteiger partial charge in [0.15, 0.2) is 11.5 Å². The van der Waals surface area contributed by atoms with E-state index in [1.807, 2.05) is 25.1 Å². The SMILES string of the molecule is CC(NC(=O)Nc1ccncc1)c1ccc2c(c1)OCO2. The lowest BCUT2D eigenvalue weighted by Gasteiger charge is -2.15. The van der Waals surface area contributed by atoms with Crippen molar-refractivity contribution in [2.45, 2.75) is 13.0 Å². The topological polar surface area (TPSA) is 72.5 Å². The number of ether oxygens (including phenoxy) is 2. The zero-order valence-corrected chi connectivity index (χ0v) is 11.5. The van der Waals surface area contributed by atoms with E-state index in [0.29, 0.717) is 11.4 Å². The van der Waals surface area contributed by atoms with E-state index in [4.69, 9.17) is 9.47 Å². The van der Waals surface area contributed by atoms with Crippen molar-refractivity contribution < 1.29 is 14.3 Å². The fraction of sp³-hybridized carbons (Fsp3) is 0.200. The lowest BCUT2D eigenvalue weighted by Crippen LogP contribution is -2.31. The Morgan fingerprint density at radius 3 is 2.76 bits per heavy atom. The van der Waals surface area contributed by atoms with Crippen LogP contribution in [0, 0.1) is 0 Å². The van der Waals surface area contributed by atoms with Crippen LogP contribution in [0.25, 0.3) is 0 Å². The van der Waals surface area contributed by atoms with E-state index < -0.39 is 0 Å². The van der Waals surface area contributed by atoms with Gasteiger partial charge in [-0.3, -0.25) is 4.98 Å². The summed E-state index contributed by atoms with van der Waals surface area (Å²) >= 11 is 0. The van der Waals surface area contributed by atoms with E-state index >= 15 is 0 Å². The summed E-state index contributed by atoms with van der Waals surface area (Å²) in [5.41, 5.74) is 1.64. The summed E-state index contributed by atoms with van der Waals surface area (Å²) in [6.45, 7) is 2.15. The fourth-order valence-electron chi connectivity index (χ4n) is 2.06. The van der Waals surface area contributed by atoms with Crippen LogP contribution in [-0.4, -0.2) is 17.8 Å². The van der Waals surface area contributed by atoms with Gasteiger partial charge in [0.05, 0.1) is 6.04 Å². The molecule has 0 saturated heterocycles. The lowest BCUT2D eigenvalue weighted by atomic mass is 10.1. The molecular formula is C15H15N3O3. The summed E-state index contributed by atoms with van der Waals surface area (Å²) < 4.78 is 10.6. The monoisotopic (exact) mass is 285 g/mol. The minimum Gasteiger partial charge on any atom is -0.454 e. The Balaban J connectivity index is 1.63. The summed E-state index contributed by atoms with van der Waals surface area (Å²) in [5.74, 6) is 1.43. The molecule has 1 atom stereocenters. The molecule has 2 N–H and O–H groups in total. The molecule has 2 aromatic rings. The molecule has 0 aliphatic carbocycles. The van der Waals surface area contributed by atoms with Gasteiger partial charge in [0.1, 0.15) is 0 Å². The van der Waals surface area contributed by atoms with Crippen molar-refractivity contribution in [2.75, 3.05) is 12.1 Å². The zero-order chi connectivity index (χ0) is 14.7. The van der Waals surface area contributed by atoms with Crippen molar-refractivity contribution in [1.29, 1.82) is 0 Å². The number of carbonyl (C=O) groups is 1. The maximum atomic E-state index is 11.9. The third-order valence-corrected chi connectivity index (χ3v) is 3.18. The summed E-state index contributed by atoms with van der Waals surface area (Å²) in [4.78, 5) is 15.8. The molecule has 1 aromatic heterocycles. The molecule has 0 saturated carbocycles. The number of carbonyl (C=O) groups excluding carboxylic acids is 1. The number of nitrogens with zero attached hydrogens (tertiary/aromatic N) is 1. The molecule has 2 amide bonds. The fourth-order valence-corrected chi connectivity index (χ4v) is 2.06. The second-order valence-electron chi connectivity index (χ2n) is 4.67. The molecule has 1 unspecified atom stereocenters. The van der Waals surface area contributed by atoms with Crippen molar-refractivity contribution in [2.24, 2.45) is 0 Å². The lowest BCUT2D eigenvalue weighted by molar-refractivity contribution is 0.174. The molecule has 2 heterocycles. The van der Waals surface area contributed by atoms with Crippen LogP contribution in [0.4, 0.5) is 10.5 Å². The first-order chi connectivity index (χ1) is 10.2. The second-order valence-corrected chi connectivity index (χ2v) is 4.67. The molecule has 1 aliphatic rings. The number of hydrogen-bond donors (Lipinski definition) is 2. The number of pyridine rings is 1. The van der Waals surface area contributed by atoms with Crippen LogP contribution in [0.5, 0.6) is 11.5 Å². The summed E-state index contributed by atoms with van der Waals surface area (Å²) in [5, 5.41) is 5.62. The minimum atomic E-state index is -0.272. The van der Waals surface area contributed by atoms with Crippen molar-refractivity contribution >= 4 is 11.7 Å². The Bertz CT molecular complexity index is 646. The van der Waals surface area contributed by atoms with Gasteiger partial charge < -0.3 is 20.1 Å². The summed E-state index contributed by atoms with van der Waals surface area (Å²) in [6, 6.07) is 8.66. The Kier molecular flexibility index (Phi) is 3.59. The largest absolute Gasteiger partial charge is 0.454 e. The second kappa shape index (κ2) is 5.70. The third kappa shape index (κ3) is 3.05. The smallest absolute Gasteiger partial charge is 0.319 e. The minimum absolute atomic E-state index is 0.152. The first-order valence-corrected chi connectivity index (χ1v) is 6.59. The van der Waals surface area contributed by atoms with E-state index in [0.717, 1.165) is 11.3 Å². The summed E-state index contributed by atoms with van der Waals surface area (Å²) in [7, 11) is 0. The van der Waals surface area contributed by atoms with Gasteiger partial charge in [-0.1, -0.05) is 6.07 Å². The van der Waals surface area contributed by atoms with Gasteiger partial charge in [0.2, 0.25) is 6.79 Å². The highest BCUT2D eigenvalue weighted by Crippen LogP contribution is 2.34. The molecule has 3 rings (SSSR count). The van der Waals surface area contributed by atoms with Crippen LogP contribution < -0.4 is 20.1 Å². The molecule has 0 spiro atoms. The molecule has 0 radical (unpaired) electrons. The average molecular weight is 285 g/mol. The molecule has 0 fully saturated rings. The molecular weight excluding hydrogens is 270 g/mol. The van der Waals surface area contributed by atoms with E-state index in [9.17, 15) is 4.79 Å². The molecule has 21 heavy (non-hydrogen) atoms. The van der Waals surface area contributed by atoms with Gasteiger partial charge in [-0.05, 0) is 36.8 Å². The Hall–Kier alpha value is -2.76. The molecule has 1 aliphatic heterocycles. The van der Waals surface area contributed by atoms with Crippen LogP contribution in [0.15, 0.2) is 42.7 Å². The number of nitrogens with one attached hydrogen (secondary N) is 2. The van der Waals surface area contributed by atoms with Gasteiger partial charge >= 0.3 is 6.03 Å². The third-order valence-electron chi connectivity index (χ3n) is 3.18. The van der Waals surface area contributed by atoms with E-state index in [1.54, 1.807) is 24.5 Å². The Labute approximate surface area is 122 Å². The van der Waals surface area contributed by atoms with Gasteiger partial charge in [-0.25, -0.2) is 4.79 Å². The highest BCUT2D eigenvalue weighted by atomic mass is 16.7. The number of rotatable bonds is 3.